The third kappa shape index (κ3) is 2.75. The van der Waals surface area contributed by atoms with Gasteiger partial charge in [0.05, 0.1) is 11.3 Å². The topological polar surface area (TPSA) is 80.4 Å². The fourth-order valence-electron chi connectivity index (χ4n) is 1.08. The number of aliphatic carboxylic acids is 1. The van der Waals surface area contributed by atoms with E-state index in [2.05, 4.69) is 31.9 Å². The second kappa shape index (κ2) is 4.71. The van der Waals surface area contributed by atoms with Crippen molar-refractivity contribution in [3.63, 3.8) is 0 Å². The van der Waals surface area contributed by atoms with Crippen LogP contribution in [0.2, 0.25) is 0 Å². The van der Waals surface area contributed by atoms with Gasteiger partial charge in [0.25, 0.3) is 5.69 Å². The zero-order valence-corrected chi connectivity index (χ0v) is 10.4. The zero-order valence-electron chi connectivity index (χ0n) is 7.24. The van der Waals surface area contributed by atoms with Crippen LogP contribution in [-0.4, -0.2) is 16.0 Å². The predicted molar refractivity (Wildman–Crippen MR) is 59.8 cm³/mol. The highest BCUT2D eigenvalue weighted by Gasteiger charge is 2.21. The number of rotatable bonds is 3. The molecule has 0 aliphatic rings. The van der Waals surface area contributed by atoms with Crippen molar-refractivity contribution in [1.29, 1.82) is 0 Å². The number of benzene rings is 1. The van der Waals surface area contributed by atoms with E-state index in [1.165, 1.54) is 6.07 Å². The molecule has 7 heteroatoms. The lowest BCUT2D eigenvalue weighted by molar-refractivity contribution is -0.386. The quantitative estimate of drug-likeness (QED) is 0.678. The van der Waals surface area contributed by atoms with Crippen molar-refractivity contribution in [2.45, 2.75) is 6.42 Å². The van der Waals surface area contributed by atoms with Gasteiger partial charge in [-0.15, -0.1) is 0 Å². The SMILES string of the molecule is O=C(O)Cc1ccc(Br)c(Br)c1[N+](=O)[O-]. The molecule has 1 aromatic carbocycles. The molecule has 0 radical (unpaired) electrons. The van der Waals surface area contributed by atoms with Crippen LogP contribution in [-0.2, 0) is 11.2 Å². The first-order chi connectivity index (χ1) is 6.93. The van der Waals surface area contributed by atoms with E-state index in [-0.39, 0.29) is 22.1 Å². The van der Waals surface area contributed by atoms with E-state index in [1.807, 2.05) is 0 Å². The van der Waals surface area contributed by atoms with Crippen LogP contribution in [0.1, 0.15) is 5.56 Å². The Hall–Kier alpha value is -0.950. The average Bonchev–Trinajstić information content (AvgIpc) is 2.10. The number of hydrogen-bond donors (Lipinski definition) is 1. The van der Waals surface area contributed by atoms with Gasteiger partial charge in [-0.3, -0.25) is 14.9 Å². The molecular formula is C8H5Br2NO4. The summed E-state index contributed by atoms with van der Waals surface area (Å²) >= 11 is 6.16. The molecule has 15 heavy (non-hydrogen) atoms. The Labute approximate surface area is 102 Å². The van der Waals surface area contributed by atoms with Gasteiger partial charge in [-0.2, -0.15) is 0 Å². The summed E-state index contributed by atoms with van der Waals surface area (Å²) in [7, 11) is 0. The molecule has 0 saturated carbocycles. The van der Waals surface area contributed by atoms with E-state index in [0.29, 0.717) is 4.47 Å². The lowest BCUT2D eigenvalue weighted by Crippen LogP contribution is -2.04. The molecule has 1 rings (SSSR count). The zero-order chi connectivity index (χ0) is 11.6. The number of hydrogen-bond acceptors (Lipinski definition) is 3. The molecule has 0 spiro atoms. The molecule has 0 unspecified atom stereocenters. The first-order valence-corrected chi connectivity index (χ1v) is 5.35. The van der Waals surface area contributed by atoms with Gasteiger partial charge in [-0.1, -0.05) is 6.07 Å². The number of nitrogens with zero attached hydrogens (tertiary/aromatic N) is 1. The average molecular weight is 339 g/mol. The molecule has 0 amide bonds. The van der Waals surface area contributed by atoms with Gasteiger partial charge >= 0.3 is 5.97 Å². The van der Waals surface area contributed by atoms with Crippen LogP contribution in [0.15, 0.2) is 21.1 Å². The first-order valence-electron chi connectivity index (χ1n) is 3.76. The highest BCUT2D eigenvalue weighted by atomic mass is 79.9. The molecule has 0 heterocycles. The maximum atomic E-state index is 10.7. The van der Waals surface area contributed by atoms with E-state index in [9.17, 15) is 14.9 Å². The van der Waals surface area contributed by atoms with Crippen molar-refractivity contribution in [2.24, 2.45) is 0 Å². The molecule has 1 N–H and O–H groups in total. The van der Waals surface area contributed by atoms with Gasteiger partial charge in [-0.05, 0) is 37.9 Å². The Morgan fingerprint density at radius 3 is 2.53 bits per heavy atom. The fourth-order valence-corrected chi connectivity index (χ4v) is 1.93. The summed E-state index contributed by atoms with van der Waals surface area (Å²) in [5.41, 5.74) is -0.0469. The Bertz CT molecular complexity index is 433. The molecule has 80 valence electrons. The summed E-state index contributed by atoms with van der Waals surface area (Å²) < 4.78 is 0.773. The van der Waals surface area contributed by atoms with Gasteiger partial charge in [0.15, 0.2) is 0 Å². The summed E-state index contributed by atoms with van der Waals surface area (Å²) in [6.45, 7) is 0. The summed E-state index contributed by atoms with van der Waals surface area (Å²) in [6, 6.07) is 2.98. The second-order valence-electron chi connectivity index (χ2n) is 2.70. The van der Waals surface area contributed by atoms with E-state index >= 15 is 0 Å². The van der Waals surface area contributed by atoms with Crippen LogP contribution in [0.3, 0.4) is 0 Å². The Kier molecular flexibility index (Phi) is 3.81. The number of halogens is 2. The summed E-state index contributed by atoms with van der Waals surface area (Å²) in [5.74, 6) is -1.10. The summed E-state index contributed by atoms with van der Waals surface area (Å²) in [6.07, 6.45) is -0.373. The van der Waals surface area contributed by atoms with Crippen LogP contribution in [0.25, 0.3) is 0 Å². The van der Waals surface area contributed by atoms with Crippen molar-refractivity contribution in [1.82, 2.24) is 0 Å². The molecule has 0 bridgehead atoms. The van der Waals surface area contributed by atoms with Crippen molar-refractivity contribution in [2.75, 3.05) is 0 Å². The predicted octanol–water partition coefficient (Wildman–Crippen LogP) is 2.75. The normalized spacial score (nSPS) is 10.0. The highest BCUT2D eigenvalue weighted by Crippen LogP contribution is 2.35. The number of nitro groups is 1. The van der Waals surface area contributed by atoms with Gasteiger partial charge < -0.3 is 5.11 Å². The van der Waals surface area contributed by atoms with Crippen LogP contribution in [0, 0.1) is 10.1 Å². The molecular weight excluding hydrogens is 334 g/mol. The monoisotopic (exact) mass is 337 g/mol. The van der Waals surface area contributed by atoms with E-state index in [1.54, 1.807) is 6.07 Å². The molecule has 1 aromatic rings. The minimum atomic E-state index is -1.10. The minimum Gasteiger partial charge on any atom is -0.481 e. The summed E-state index contributed by atoms with van der Waals surface area (Å²) in [4.78, 5) is 20.6. The number of carboxylic acids is 1. The Balaban J connectivity index is 3.33. The second-order valence-corrected chi connectivity index (χ2v) is 4.34. The molecule has 0 atom stereocenters. The van der Waals surface area contributed by atoms with Crippen LogP contribution >= 0.6 is 31.9 Å². The molecule has 0 aliphatic carbocycles. The van der Waals surface area contributed by atoms with Crippen LogP contribution in [0.4, 0.5) is 5.69 Å². The standard InChI is InChI=1S/C8H5Br2NO4/c9-5-2-1-4(3-6(12)13)8(7(5)10)11(14)15/h1-2H,3H2,(H,12,13). The van der Waals surface area contributed by atoms with Gasteiger partial charge in [0, 0.05) is 10.0 Å². The van der Waals surface area contributed by atoms with Crippen molar-refractivity contribution in [3.8, 4) is 0 Å². The van der Waals surface area contributed by atoms with E-state index in [4.69, 9.17) is 5.11 Å². The summed E-state index contributed by atoms with van der Waals surface area (Å²) in [5, 5.41) is 19.3. The Morgan fingerprint density at radius 2 is 2.07 bits per heavy atom. The van der Waals surface area contributed by atoms with Crippen molar-refractivity contribution < 1.29 is 14.8 Å². The Morgan fingerprint density at radius 1 is 1.47 bits per heavy atom. The van der Waals surface area contributed by atoms with Crippen molar-refractivity contribution >= 4 is 43.5 Å². The largest absolute Gasteiger partial charge is 0.481 e. The minimum absolute atomic E-state index is 0.169. The number of carbonyl (C=O) groups is 1. The number of carboxylic acid groups (broad SMARTS) is 1. The van der Waals surface area contributed by atoms with Gasteiger partial charge in [-0.25, -0.2) is 0 Å². The maximum absolute atomic E-state index is 10.7. The molecule has 5 nitrogen and oxygen atoms in total. The van der Waals surface area contributed by atoms with E-state index < -0.39 is 10.9 Å². The lowest BCUT2D eigenvalue weighted by atomic mass is 10.1. The molecule has 0 saturated heterocycles. The number of nitro benzene ring substituents is 1. The van der Waals surface area contributed by atoms with Gasteiger partial charge in [0.1, 0.15) is 4.47 Å². The van der Waals surface area contributed by atoms with Crippen LogP contribution < -0.4 is 0 Å². The van der Waals surface area contributed by atoms with Gasteiger partial charge in [0.2, 0.25) is 0 Å². The lowest BCUT2D eigenvalue weighted by Gasteiger charge is -2.03. The fraction of sp³-hybridized carbons (Fsp3) is 0.125. The molecule has 0 aliphatic heterocycles. The van der Waals surface area contributed by atoms with Crippen LogP contribution in [0.5, 0.6) is 0 Å². The maximum Gasteiger partial charge on any atom is 0.308 e. The molecule has 0 fully saturated rings. The third-order valence-corrected chi connectivity index (χ3v) is 3.67. The van der Waals surface area contributed by atoms with E-state index in [0.717, 1.165) is 0 Å². The highest BCUT2D eigenvalue weighted by molar-refractivity contribution is 9.13. The third-order valence-electron chi connectivity index (χ3n) is 1.68. The van der Waals surface area contributed by atoms with Crippen molar-refractivity contribution in [3.05, 3.63) is 36.8 Å². The first kappa shape index (κ1) is 12.1. The smallest absolute Gasteiger partial charge is 0.308 e. The molecule has 0 aromatic heterocycles.